The Labute approximate surface area is 335 Å². The minimum absolute atomic E-state index is 0.174. The monoisotopic (exact) mass is 745 g/mol. The van der Waals surface area contributed by atoms with Gasteiger partial charge in [0, 0.05) is 27.1 Å². The van der Waals surface area contributed by atoms with E-state index < -0.39 is 0 Å². The van der Waals surface area contributed by atoms with Crippen LogP contribution in [0.15, 0.2) is 156 Å². The molecule has 4 heteroatoms. The Bertz CT molecular complexity index is 3340. The molecule has 0 amide bonds. The van der Waals surface area contributed by atoms with Crippen LogP contribution in [0.3, 0.4) is 0 Å². The topological polar surface area (TPSA) is 43.9 Å². The molecule has 5 aliphatic rings. The Morgan fingerprint density at radius 1 is 0.500 bits per heavy atom. The number of aromatic nitrogens is 3. The molecule has 0 unspecified atom stereocenters. The second kappa shape index (κ2) is 11.3. The molecule has 1 spiro atoms. The maximum atomic E-state index is 6.49. The van der Waals surface area contributed by atoms with Gasteiger partial charge in [0.15, 0.2) is 0 Å². The molecule has 10 aromatic rings. The van der Waals surface area contributed by atoms with E-state index in [1.807, 2.05) is 18.2 Å². The van der Waals surface area contributed by atoms with E-state index in [0.29, 0.717) is 11.7 Å². The second-order valence-corrected chi connectivity index (χ2v) is 17.7. The minimum Gasteiger partial charge on any atom is -0.437 e. The van der Waals surface area contributed by atoms with Crippen LogP contribution < -0.4 is 0 Å². The quantitative estimate of drug-likeness (QED) is 0.181. The summed E-state index contributed by atoms with van der Waals surface area (Å²) in [6.07, 6.45) is 7.07. The molecule has 0 saturated heterocycles. The molecule has 4 nitrogen and oxygen atoms in total. The van der Waals surface area contributed by atoms with Crippen molar-refractivity contribution in [3.8, 4) is 39.5 Å². The Morgan fingerprint density at radius 3 is 2.05 bits per heavy atom. The molecule has 7 aromatic carbocycles. The molecule has 58 heavy (non-hydrogen) atoms. The molecule has 5 aliphatic carbocycles. The van der Waals surface area contributed by atoms with E-state index in [-0.39, 0.29) is 5.41 Å². The van der Waals surface area contributed by atoms with Gasteiger partial charge in [0.05, 0.1) is 22.1 Å². The standard InChI is InChI=1S/C54H39N3O/c1-2-11-34(12-3-1)51-50-41-15-7-9-17-48(41)58-52(50)56-53(55-51)57-46-22-20-36(30-43(46)49-39-13-5-4-10-33(39)19-23-47(49)57)35-18-21-45-42(29-35)40-14-6-8-16-44(40)54(45)37-25-31-24-32(27-37)28-38(54)26-31/h1-23,29-32,37-38H,24-28H2. The van der Waals surface area contributed by atoms with Gasteiger partial charge in [-0.1, -0.05) is 121 Å². The normalized spacial score (nSPS) is 22.9. The number of para-hydroxylation sites is 1. The number of fused-ring (bicyclic) bond motifs is 11. The summed E-state index contributed by atoms with van der Waals surface area (Å²) in [5.41, 5.74) is 14.2. The average molecular weight is 746 g/mol. The van der Waals surface area contributed by atoms with Crippen molar-refractivity contribution in [2.75, 3.05) is 0 Å². The van der Waals surface area contributed by atoms with Gasteiger partial charge in [-0.25, -0.2) is 4.98 Å². The molecule has 4 fully saturated rings. The highest BCUT2D eigenvalue weighted by atomic mass is 16.3. The lowest BCUT2D eigenvalue weighted by Gasteiger charge is -2.61. The molecule has 4 bridgehead atoms. The molecule has 15 rings (SSSR count). The summed E-state index contributed by atoms with van der Waals surface area (Å²) < 4.78 is 8.74. The maximum absolute atomic E-state index is 6.49. The first kappa shape index (κ1) is 31.6. The zero-order chi connectivity index (χ0) is 37.7. The Balaban J connectivity index is 0.998. The van der Waals surface area contributed by atoms with Gasteiger partial charge in [-0.3, -0.25) is 4.57 Å². The zero-order valence-electron chi connectivity index (χ0n) is 32.0. The molecular formula is C54H39N3O. The fraction of sp³-hybridized carbons (Fsp3) is 0.185. The summed E-state index contributed by atoms with van der Waals surface area (Å²) in [6, 6.07) is 55.8. The van der Waals surface area contributed by atoms with Crippen LogP contribution in [0.25, 0.3) is 94.1 Å². The van der Waals surface area contributed by atoms with E-state index in [4.69, 9.17) is 14.4 Å². The summed E-state index contributed by atoms with van der Waals surface area (Å²) >= 11 is 0. The SMILES string of the molecule is c1ccc(-c2nc(-n3c4ccc(-c5ccc6c(c5)-c5ccccc5C65C6CC7CC(C6)CC5C7)cc4c4c5ccccc5ccc43)nc3oc4ccccc4c23)cc1. The van der Waals surface area contributed by atoms with Gasteiger partial charge in [0.2, 0.25) is 11.7 Å². The lowest BCUT2D eigenvalue weighted by molar-refractivity contribution is -0.0399. The van der Waals surface area contributed by atoms with Crippen molar-refractivity contribution >= 4 is 54.6 Å². The summed E-state index contributed by atoms with van der Waals surface area (Å²) in [5, 5.41) is 6.80. The lowest BCUT2D eigenvalue weighted by Crippen LogP contribution is -2.55. The van der Waals surface area contributed by atoms with E-state index in [1.54, 1.807) is 11.1 Å². The summed E-state index contributed by atoms with van der Waals surface area (Å²) in [6.45, 7) is 0. The average Bonchev–Trinajstić information content (AvgIpc) is 3.91. The number of hydrogen-bond acceptors (Lipinski definition) is 3. The van der Waals surface area contributed by atoms with Gasteiger partial charge >= 0.3 is 0 Å². The summed E-state index contributed by atoms with van der Waals surface area (Å²) in [5.74, 6) is 3.99. The highest BCUT2D eigenvalue weighted by Gasteiger charge is 2.61. The van der Waals surface area contributed by atoms with Crippen LogP contribution in [0, 0.1) is 23.7 Å². The fourth-order valence-corrected chi connectivity index (χ4v) is 13.0. The first-order valence-corrected chi connectivity index (χ1v) is 21.2. The number of benzene rings is 7. The zero-order valence-corrected chi connectivity index (χ0v) is 32.0. The Kier molecular flexibility index (Phi) is 6.16. The van der Waals surface area contributed by atoms with Crippen LogP contribution >= 0.6 is 0 Å². The van der Waals surface area contributed by atoms with Crippen LogP contribution in [0.4, 0.5) is 0 Å². The maximum Gasteiger partial charge on any atom is 0.238 e. The van der Waals surface area contributed by atoms with E-state index >= 15 is 0 Å². The molecule has 0 radical (unpaired) electrons. The van der Waals surface area contributed by atoms with Gasteiger partial charge in [0.25, 0.3) is 0 Å². The van der Waals surface area contributed by atoms with E-state index in [9.17, 15) is 0 Å². The number of rotatable bonds is 3. The van der Waals surface area contributed by atoms with Gasteiger partial charge in [-0.15, -0.1) is 0 Å². The van der Waals surface area contributed by atoms with Crippen molar-refractivity contribution in [2.45, 2.75) is 37.5 Å². The Hall–Kier alpha value is -6.52. The molecule has 0 atom stereocenters. The molecular weight excluding hydrogens is 707 g/mol. The number of hydrogen-bond donors (Lipinski definition) is 0. The van der Waals surface area contributed by atoms with Gasteiger partial charge in [-0.05, 0) is 130 Å². The third-order valence-electron chi connectivity index (χ3n) is 15.0. The predicted octanol–water partition coefficient (Wildman–Crippen LogP) is 13.7. The highest BCUT2D eigenvalue weighted by Crippen LogP contribution is 2.69. The van der Waals surface area contributed by atoms with Crippen LogP contribution in [0.2, 0.25) is 0 Å². The van der Waals surface area contributed by atoms with Crippen LogP contribution in [0.1, 0.15) is 43.2 Å². The molecule has 276 valence electrons. The highest BCUT2D eigenvalue weighted by molar-refractivity contribution is 6.22. The van der Waals surface area contributed by atoms with Crippen LogP contribution in [0.5, 0.6) is 0 Å². The van der Waals surface area contributed by atoms with Crippen molar-refractivity contribution in [1.29, 1.82) is 0 Å². The number of nitrogens with zero attached hydrogens (tertiary/aromatic N) is 3. The van der Waals surface area contributed by atoms with E-state index in [1.165, 1.54) is 75.9 Å². The van der Waals surface area contributed by atoms with E-state index in [2.05, 4.69) is 138 Å². The molecule has 3 aromatic heterocycles. The molecule has 4 saturated carbocycles. The van der Waals surface area contributed by atoms with Crippen molar-refractivity contribution in [3.05, 3.63) is 163 Å². The Morgan fingerprint density at radius 2 is 1.19 bits per heavy atom. The van der Waals surface area contributed by atoms with E-state index in [0.717, 1.165) is 62.3 Å². The smallest absolute Gasteiger partial charge is 0.238 e. The van der Waals surface area contributed by atoms with Crippen LogP contribution in [-0.2, 0) is 5.41 Å². The minimum atomic E-state index is 0.174. The van der Waals surface area contributed by atoms with Crippen LogP contribution in [-0.4, -0.2) is 14.5 Å². The largest absolute Gasteiger partial charge is 0.437 e. The van der Waals surface area contributed by atoms with Crippen molar-refractivity contribution < 1.29 is 4.42 Å². The number of furan rings is 1. The summed E-state index contributed by atoms with van der Waals surface area (Å²) in [7, 11) is 0. The summed E-state index contributed by atoms with van der Waals surface area (Å²) in [4.78, 5) is 10.6. The van der Waals surface area contributed by atoms with Gasteiger partial charge < -0.3 is 4.42 Å². The fourth-order valence-electron chi connectivity index (χ4n) is 13.0. The first-order chi connectivity index (χ1) is 28.7. The van der Waals surface area contributed by atoms with Crippen molar-refractivity contribution in [1.82, 2.24) is 14.5 Å². The third kappa shape index (κ3) is 4.05. The molecule has 3 heterocycles. The van der Waals surface area contributed by atoms with Gasteiger partial charge in [0.1, 0.15) is 5.58 Å². The second-order valence-electron chi connectivity index (χ2n) is 17.7. The molecule has 0 aliphatic heterocycles. The van der Waals surface area contributed by atoms with Gasteiger partial charge in [-0.2, -0.15) is 4.98 Å². The first-order valence-electron chi connectivity index (χ1n) is 21.2. The molecule has 0 N–H and O–H groups in total. The van der Waals surface area contributed by atoms with Crippen molar-refractivity contribution in [3.63, 3.8) is 0 Å². The lowest BCUT2D eigenvalue weighted by atomic mass is 9.43. The van der Waals surface area contributed by atoms with Crippen molar-refractivity contribution in [2.24, 2.45) is 23.7 Å². The third-order valence-corrected chi connectivity index (χ3v) is 15.0. The predicted molar refractivity (Wildman–Crippen MR) is 235 cm³/mol.